The van der Waals surface area contributed by atoms with Crippen LogP contribution in [0.5, 0.6) is 0 Å². The van der Waals surface area contributed by atoms with Crippen molar-refractivity contribution in [1.29, 1.82) is 0 Å². The molecule has 5 nitrogen and oxygen atoms in total. The molecule has 0 radical (unpaired) electrons. The monoisotopic (exact) mass is 351 g/mol. The third kappa shape index (κ3) is 3.73. The molecule has 136 valence electrons. The molecule has 1 amide bonds. The SMILES string of the molecule is O=C(Cc1ccncc1)N1CC[C@H]2[C@@H](COCCN2c2ccccc2)C1. The molecule has 0 bridgehead atoms. The number of rotatable bonds is 3. The average Bonchev–Trinajstić information content (AvgIpc) is 2.91. The second-order valence-corrected chi connectivity index (χ2v) is 7.09. The van der Waals surface area contributed by atoms with Crippen LogP contribution >= 0.6 is 0 Å². The van der Waals surface area contributed by atoms with Gasteiger partial charge in [-0.2, -0.15) is 0 Å². The second-order valence-electron chi connectivity index (χ2n) is 7.09. The molecule has 1 aromatic heterocycles. The molecule has 26 heavy (non-hydrogen) atoms. The van der Waals surface area contributed by atoms with Gasteiger partial charge in [-0.3, -0.25) is 9.78 Å². The van der Waals surface area contributed by atoms with Crippen LogP contribution in [0.15, 0.2) is 54.9 Å². The molecule has 3 heterocycles. The van der Waals surface area contributed by atoms with Gasteiger partial charge < -0.3 is 14.5 Å². The van der Waals surface area contributed by atoms with Crippen molar-refractivity contribution in [2.24, 2.45) is 5.92 Å². The first-order valence-electron chi connectivity index (χ1n) is 9.37. The Morgan fingerprint density at radius 3 is 2.73 bits per heavy atom. The molecule has 2 saturated heterocycles. The number of amides is 1. The van der Waals surface area contributed by atoms with E-state index in [4.69, 9.17) is 4.74 Å². The number of pyridine rings is 1. The Morgan fingerprint density at radius 2 is 1.92 bits per heavy atom. The highest BCUT2D eigenvalue weighted by Gasteiger charge is 2.36. The Labute approximate surface area is 154 Å². The van der Waals surface area contributed by atoms with E-state index in [9.17, 15) is 4.79 Å². The fourth-order valence-corrected chi connectivity index (χ4v) is 4.11. The third-order valence-corrected chi connectivity index (χ3v) is 5.45. The van der Waals surface area contributed by atoms with Crippen LogP contribution in [0.2, 0.25) is 0 Å². The van der Waals surface area contributed by atoms with Crippen LogP contribution < -0.4 is 4.90 Å². The van der Waals surface area contributed by atoms with Crippen LogP contribution in [0, 0.1) is 5.92 Å². The quantitative estimate of drug-likeness (QED) is 0.852. The molecular weight excluding hydrogens is 326 g/mol. The summed E-state index contributed by atoms with van der Waals surface area (Å²) in [5.74, 6) is 0.554. The van der Waals surface area contributed by atoms with E-state index in [0.717, 1.165) is 44.8 Å². The Kier molecular flexibility index (Phi) is 5.16. The summed E-state index contributed by atoms with van der Waals surface area (Å²) in [6, 6.07) is 14.8. The molecule has 0 aliphatic carbocycles. The number of nitrogens with zero attached hydrogens (tertiary/aromatic N) is 3. The minimum absolute atomic E-state index is 0.199. The predicted molar refractivity (Wildman–Crippen MR) is 101 cm³/mol. The number of ether oxygens (including phenoxy) is 1. The van der Waals surface area contributed by atoms with Crippen LogP contribution in [0.4, 0.5) is 5.69 Å². The van der Waals surface area contributed by atoms with E-state index in [1.165, 1.54) is 5.69 Å². The summed E-state index contributed by atoms with van der Waals surface area (Å²) in [6.07, 6.45) is 4.92. The summed E-state index contributed by atoms with van der Waals surface area (Å²) in [5, 5.41) is 0. The average molecular weight is 351 g/mol. The largest absolute Gasteiger partial charge is 0.379 e. The van der Waals surface area contributed by atoms with Gasteiger partial charge in [0.15, 0.2) is 0 Å². The normalized spacial score (nSPS) is 23.2. The first-order chi connectivity index (χ1) is 12.8. The minimum atomic E-state index is 0.199. The van der Waals surface area contributed by atoms with Gasteiger partial charge in [-0.15, -0.1) is 0 Å². The number of benzene rings is 1. The predicted octanol–water partition coefficient (Wildman–Crippen LogP) is 2.38. The maximum absolute atomic E-state index is 12.7. The zero-order valence-corrected chi connectivity index (χ0v) is 15.0. The van der Waals surface area contributed by atoms with Gasteiger partial charge in [0.05, 0.1) is 19.6 Å². The summed E-state index contributed by atoms with van der Waals surface area (Å²) in [5.41, 5.74) is 2.28. The summed E-state index contributed by atoms with van der Waals surface area (Å²) < 4.78 is 5.87. The van der Waals surface area contributed by atoms with Crippen molar-refractivity contribution in [2.75, 3.05) is 37.7 Å². The Hall–Kier alpha value is -2.40. The molecule has 5 heteroatoms. The van der Waals surface area contributed by atoms with Crippen molar-refractivity contribution < 1.29 is 9.53 Å². The number of anilines is 1. The molecule has 2 aliphatic heterocycles. The number of hydrogen-bond donors (Lipinski definition) is 0. The molecule has 2 fully saturated rings. The van der Waals surface area contributed by atoms with Crippen molar-refractivity contribution in [2.45, 2.75) is 18.9 Å². The zero-order valence-electron chi connectivity index (χ0n) is 15.0. The van der Waals surface area contributed by atoms with Gasteiger partial charge >= 0.3 is 0 Å². The standard InChI is InChI=1S/C21H25N3O2/c25-21(14-17-6-9-22-10-7-17)23-11-8-20-18(15-23)16-26-13-12-24(20)19-4-2-1-3-5-19/h1-7,9-10,18,20H,8,11-16H2/t18-,20+/m1/s1. The smallest absolute Gasteiger partial charge is 0.227 e. The van der Waals surface area contributed by atoms with Gasteiger partial charge in [0, 0.05) is 49.7 Å². The van der Waals surface area contributed by atoms with E-state index >= 15 is 0 Å². The summed E-state index contributed by atoms with van der Waals surface area (Å²) in [4.78, 5) is 21.2. The van der Waals surface area contributed by atoms with E-state index in [1.54, 1.807) is 12.4 Å². The number of piperidine rings is 1. The highest BCUT2D eigenvalue weighted by atomic mass is 16.5. The van der Waals surface area contributed by atoms with E-state index in [1.807, 2.05) is 17.0 Å². The number of likely N-dealkylation sites (tertiary alicyclic amines) is 1. The van der Waals surface area contributed by atoms with E-state index in [2.05, 4.69) is 40.2 Å². The first kappa shape index (κ1) is 17.0. The maximum Gasteiger partial charge on any atom is 0.227 e. The summed E-state index contributed by atoms with van der Waals surface area (Å²) in [7, 11) is 0. The molecule has 0 N–H and O–H groups in total. The lowest BCUT2D eigenvalue weighted by Crippen LogP contribution is -2.53. The zero-order chi connectivity index (χ0) is 17.8. The van der Waals surface area contributed by atoms with Crippen LogP contribution in [-0.2, 0) is 16.0 Å². The van der Waals surface area contributed by atoms with Gasteiger partial charge in [-0.25, -0.2) is 0 Å². The first-order valence-corrected chi connectivity index (χ1v) is 9.37. The van der Waals surface area contributed by atoms with Crippen molar-refractivity contribution in [3.05, 3.63) is 60.4 Å². The van der Waals surface area contributed by atoms with Crippen LogP contribution in [0.1, 0.15) is 12.0 Å². The molecule has 2 aromatic rings. The lowest BCUT2D eigenvalue weighted by atomic mass is 9.90. The highest BCUT2D eigenvalue weighted by molar-refractivity contribution is 5.78. The molecule has 0 spiro atoms. The Morgan fingerprint density at radius 1 is 1.12 bits per heavy atom. The van der Waals surface area contributed by atoms with Crippen molar-refractivity contribution in [3.63, 3.8) is 0 Å². The van der Waals surface area contributed by atoms with E-state index < -0.39 is 0 Å². The maximum atomic E-state index is 12.7. The Bertz CT molecular complexity index is 723. The van der Waals surface area contributed by atoms with Gasteiger partial charge in [0.2, 0.25) is 5.91 Å². The fourth-order valence-electron chi connectivity index (χ4n) is 4.11. The van der Waals surface area contributed by atoms with E-state index in [0.29, 0.717) is 18.4 Å². The summed E-state index contributed by atoms with van der Waals surface area (Å²) >= 11 is 0. The molecule has 0 saturated carbocycles. The number of para-hydroxylation sites is 1. The second kappa shape index (κ2) is 7.87. The molecule has 0 unspecified atom stereocenters. The number of carbonyl (C=O) groups is 1. The van der Waals surface area contributed by atoms with Crippen molar-refractivity contribution in [3.8, 4) is 0 Å². The summed E-state index contributed by atoms with van der Waals surface area (Å²) in [6.45, 7) is 3.97. The number of aromatic nitrogens is 1. The van der Waals surface area contributed by atoms with E-state index in [-0.39, 0.29) is 5.91 Å². The van der Waals surface area contributed by atoms with Gasteiger partial charge in [-0.05, 0) is 36.2 Å². The minimum Gasteiger partial charge on any atom is -0.379 e. The third-order valence-electron chi connectivity index (χ3n) is 5.45. The van der Waals surface area contributed by atoms with Gasteiger partial charge in [-0.1, -0.05) is 18.2 Å². The molecule has 1 aromatic carbocycles. The van der Waals surface area contributed by atoms with Gasteiger partial charge in [0.25, 0.3) is 0 Å². The number of hydrogen-bond acceptors (Lipinski definition) is 4. The van der Waals surface area contributed by atoms with Crippen LogP contribution in [-0.4, -0.2) is 54.7 Å². The number of carbonyl (C=O) groups excluding carboxylic acids is 1. The van der Waals surface area contributed by atoms with Crippen molar-refractivity contribution in [1.82, 2.24) is 9.88 Å². The molecular formula is C21H25N3O2. The Balaban J connectivity index is 1.45. The lowest BCUT2D eigenvalue weighted by molar-refractivity contribution is -0.132. The van der Waals surface area contributed by atoms with Crippen LogP contribution in [0.3, 0.4) is 0 Å². The van der Waals surface area contributed by atoms with Crippen LogP contribution in [0.25, 0.3) is 0 Å². The fraction of sp³-hybridized carbons (Fsp3) is 0.429. The van der Waals surface area contributed by atoms with Crippen molar-refractivity contribution >= 4 is 11.6 Å². The topological polar surface area (TPSA) is 45.7 Å². The molecule has 2 atom stereocenters. The highest BCUT2D eigenvalue weighted by Crippen LogP contribution is 2.29. The molecule has 4 rings (SSSR count). The number of fused-ring (bicyclic) bond motifs is 1. The molecule has 2 aliphatic rings. The van der Waals surface area contributed by atoms with Gasteiger partial charge in [0.1, 0.15) is 0 Å². The lowest BCUT2D eigenvalue weighted by Gasteiger charge is -2.43.